The number of rotatable bonds is 4. The molecule has 0 aliphatic heterocycles. The van der Waals surface area contributed by atoms with Crippen LogP contribution in [0.4, 0.5) is 0 Å². The Labute approximate surface area is 182 Å². The first-order valence-corrected chi connectivity index (χ1v) is 10.5. The van der Waals surface area contributed by atoms with Gasteiger partial charge in [-0.1, -0.05) is 84.4 Å². The van der Waals surface area contributed by atoms with E-state index in [1.807, 2.05) is 24.3 Å². The van der Waals surface area contributed by atoms with Crippen LogP contribution in [0.2, 0.25) is 0 Å². The molecule has 1 heterocycles. The van der Waals surface area contributed by atoms with Crippen molar-refractivity contribution in [2.75, 3.05) is 0 Å². The number of hydrogen-bond donors (Lipinski definition) is 0. The summed E-state index contributed by atoms with van der Waals surface area (Å²) in [5.41, 5.74) is 6.38. The number of nitriles is 1. The van der Waals surface area contributed by atoms with Crippen LogP contribution in [0, 0.1) is 18.3 Å². The standard InChI is InChI=1S/C29H22N2/c1-21-7-6-8-22(15-21)19-31-20-27(28-11-4-5-12-29(28)31)17-26(18-30)25-14-13-23-9-2-3-10-24(23)16-25/h2-17,20H,19H2,1H3. The molecule has 2 heteroatoms. The van der Waals surface area contributed by atoms with Gasteiger partial charge in [0.25, 0.3) is 0 Å². The van der Waals surface area contributed by atoms with Gasteiger partial charge in [0, 0.05) is 29.2 Å². The zero-order chi connectivity index (χ0) is 21.2. The molecule has 148 valence electrons. The van der Waals surface area contributed by atoms with Crippen LogP contribution in [0.15, 0.2) is 97.2 Å². The maximum absolute atomic E-state index is 9.93. The summed E-state index contributed by atoms with van der Waals surface area (Å²) in [7, 11) is 0. The lowest BCUT2D eigenvalue weighted by Crippen LogP contribution is -1.97. The minimum Gasteiger partial charge on any atom is -0.342 e. The van der Waals surface area contributed by atoms with Gasteiger partial charge in [0.05, 0.1) is 11.6 Å². The fraction of sp³-hybridized carbons (Fsp3) is 0.0690. The molecule has 4 aromatic carbocycles. The molecule has 0 saturated carbocycles. The van der Waals surface area contributed by atoms with Crippen LogP contribution >= 0.6 is 0 Å². The molecular weight excluding hydrogens is 376 g/mol. The third-order valence-corrected chi connectivity index (χ3v) is 5.74. The summed E-state index contributed by atoms with van der Waals surface area (Å²) in [6.07, 6.45) is 4.17. The second-order valence-electron chi connectivity index (χ2n) is 7.95. The highest BCUT2D eigenvalue weighted by atomic mass is 15.0. The molecule has 0 fully saturated rings. The van der Waals surface area contributed by atoms with Crippen LogP contribution in [-0.4, -0.2) is 4.57 Å². The minimum absolute atomic E-state index is 0.671. The Morgan fingerprint density at radius 2 is 1.68 bits per heavy atom. The van der Waals surface area contributed by atoms with E-state index in [9.17, 15) is 5.26 Å². The monoisotopic (exact) mass is 398 g/mol. The zero-order valence-electron chi connectivity index (χ0n) is 17.4. The van der Waals surface area contributed by atoms with E-state index in [-0.39, 0.29) is 0 Å². The summed E-state index contributed by atoms with van der Waals surface area (Å²) >= 11 is 0. The number of aromatic nitrogens is 1. The fourth-order valence-corrected chi connectivity index (χ4v) is 4.22. The topological polar surface area (TPSA) is 28.7 Å². The van der Waals surface area contributed by atoms with Crippen molar-refractivity contribution < 1.29 is 0 Å². The van der Waals surface area contributed by atoms with E-state index >= 15 is 0 Å². The third kappa shape index (κ3) is 3.74. The van der Waals surface area contributed by atoms with E-state index < -0.39 is 0 Å². The van der Waals surface area contributed by atoms with Gasteiger partial charge in [0.2, 0.25) is 0 Å². The van der Waals surface area contributed by atoms with Gasteiger partial charge in [0.1, 0.15) is 0 Å². The molecule has 5 rings (SSSR count). The van der Waals surface area contributed by atoms with E-state index in [0.717, 1.165) is 28.4 Å². The summed E-state index contributed by atoms with van der Waals surface area (Å²) in [5, 5.41) is 13.4. The predicted octanol–water partition coefficient (Wildman–Crippen LogP) is 7.22. The van der Waals surface area contributed by atoms with Crippen LogP contribution in [-0.2, 0) is 6.54 Å². The highest BCUT2D eigenvalue weighted by Gasteiger charge is 2.10. The molecule has 0 bridgehead atoms. The number of nitrogens with zero attached hydrogens (tertiary/aromatic N) is 2. The van der Waals surface area contributed by atoms with Crippen molar-refractivity contribution in [2.45, 2.75) is 13.5 Å². The fourth-order valence-electron chi connectivity index (χ4n) is 4.22. The van der Waals surface area contributed by atoms with Crippen LogP contribution < -0.4 is 0 Å². The average Bonchev–Trinajstić information content (AvgIpc) is 3.14. The van der Waals surface area contributed by atoms with Gasteiger partial charge >= 0.3 is 0 Å². The Kier molecular flexibility index (Phi) is 4.86. The first-order valence-electron chi connectivity index (χ1n) is 10.5. The normalized spacial score (nSPS) is 11.7. The van der Waals surface area contributed by atoms with Crippen LogP contribution in [0.25, 0.3) is 33.3 Å². The van der Waals surface area contributed by atoms with Gasteiger partial charge in [-0.2, -0.15) is 5.26 Å². The van der Waals surface area contributed by atoms with E-state index in [2.05, 4.69) is 96.6 Å². The van der Waals surface area contributed by atoms with E-state index in [0.29, 0.717) is 5.57 Å². The SMILES string of the molecule is Cc1cccc(Cn2cc(C=C(C#N)c3ccc4ccccc4c3)c3ccccc32)c1. The van der Waals surface area contributed by atoms with E-state index in [4.69, 9.17) is 0 Å². The Morgan fingerprint density at radius 3 is 2.52 bits per heavy atom. The van der Waals surface area contributed by atoms with Crippen molar-refractivity contribution in [1.29, 1.82) is 5.26 Å². The van der Waals surface area contributed by atoms with Gasteiger partial charge < -0.3 is 4.57 Å². The number of aryl methyl sites for hydroxylation is 1. The molecule has 0 spiro atoms. The maximum Gasteiger partial charge on any atom is 0.0998 e. The molecule has 0 unspecified atom stereocenters. The van der Waals surface area contributed by atoms with E-state index in [1.165, 1.54) is 22.0 Å². The minimum atomic E-state index is 0.671. The van der Waals surface area contributed by atoms with Crippen molar-refractivity contribution in [3.05, 3.63) is 119 Å². The van der Waals surface area contributed by atoms with Crippen molar-refractivity contribution in [3.8, 4) is 6.07 Å². The summed E-state index contributed by atoms with van der Waals surface area (Å²) in [5.74, 6) is 0. The molecule has 0 N–H and O–H groups in total. The Hall–Kier alpha value is -4.09. The second-order valence-corrected chi connectivity index (χ2v) is 7.95. The van der Waals surface area contributed by atoms with Crippen LogP contribution in [0.1, 0.15) is 22.3 Å². The first kappa shape index (κ1) is 18.9. The number of fused-ring (bicyclic) bond motifs is 2. The predicted molar refractivity (Wildman–Crippen MR) is 130 cm³/mol. The smallest absolute Gasteiger partial charge is 0.0998 e. The number of hydrogen-bond acceptors (Lipinski definition) is 1. The van der Waals surface area contributed by atoms with E-state index in [1.54, 1.807) is 0 Å². The molecule has 0 amide bonds. The Balaban J connectivity index is 1.60. The molecule has 2 nitrogen and oxygen atoms in total. The molecule has 0 saturated heterocycles. The lowest BCUT2D eigenvalue weighted by atomic mass is 10.00. The Bertz CT molecular complexity index is 1480. The van der Waals surface area contributed by atoms with Crippen LogP contribution in [0.5, 0.6) is 0 Å². The Morgan fingerprint density at radius 1 is 0.871 bits per heavy atom. The summed E-state index contributed by atoms with van der Waals surface area (Å²) < 4.78 is 2.27. The van der Waals surface area contributed by atoms with Crippen molar-refractivity contribution in [2.24, 2.45) is 0 Å². The second kappa shape index (κ2) is 7.97. The third-order valence-electron chi connectivity index (χ3n) is 5.74. The zero-order valence-corrected chi connectivity index (χ0v) is 17.4. The lowest BCUT2D eigenvalue weighted by Gasteiger charge is -2.06. The van der Waals surface area contributed by atoms with Gasteiger partial charge in [0.15, 0.2) is 0 Å². The number of benzene rings is 4. The number of allylic oxidation sites excluding steroid dienone is 1. The number of para-hydroxylation sites is 1. The lowest BCUT2D eigenvalue weighted by molar-refractivity contribution is 0.835. The molecule has 0 aliphatic carbocycles. The quantitative estimate of drug-likeness (QED) is 0.294. The highest BCUT2D eigenvalue weighted by Crippen LogP contribution is 2.28. The first-order chi connectivity index (χ1) is 15.2. The van der Waals surface area contributed by atoms with Gasteiger partial charge in [-0.3, -0.25) is 0 Å². The van der Waals surface area contributed by atoms with Crippen molar-refractivity contribution >= 4 is 33.3 Å². The molecule has 31 heavy (non-hydrogen) atoms. The molecule has 0 radical (unpaired) electrons. The molecule has 0 atom stereocenters. The molecular formula is C29H22N2. The molecule has 5 aromatic rings. The van der Waals surface area contributed by atoms with Crippen molar-refractivity contribution in [1.82, 2.24) is 4.57 Å². The summed E-state index contributed by atoms with van der Waals surface area (Å²) in [6, 6.07) is 33.9. The maximum atomic E-state index is 9.93. The summed E-state index contributed by atoms with van der Waals surface area (Å²) in [6.45, 7) is 2.92. The van der Waals surface area contributed by atoms with Gasteiger partial charge in [-0.25, -0.2) is 0 Å². The van der Waals surface area contributed by atoms with Gasteiger partial charge in [-0.15, -0.1) is 0 Å². The molecule has 1 aromatic heterocycles. The van der Waals surface area contributed by atoms with Gasteiger partial charge in [-0.05, 0) is 47.0 Å². The largest absolute Gasteiger partial charge is 0.342 e. The highest BCUT2D eigenvalue weighted by molar-refractivity contribution is 5.99. The summed E-state index contributed by atoms with van der Waals surface area (Å²) in [4.78, 5) is 0. The van der Waals surface area contributed by atoms with Crippen molar-refractivity contribution in [3.63, 3.8) is 0 Å². The average molecular weight is 399 g/mol. The molecule has 0 aliphatic rings. The van der Waals surface area contributed by atoms with Crippen LogP contribution in [0.3, 0.4) is 0 Å².